The number of pyridine rings is 1. The minimum absolute atomic E-state index is 0.200. The average molecular weight is 205 g/mol. The van der Waals surface area contributed by atoms with Crippen molar-refractivity contribution >= 4 is 12.0 Å². The van der Waals surface area contributed by atoms with E-state index in [1.54, 1.807) is 25.4 Å². The van der Waals surface area contributed by atoms with Crippen molar-refractivity contribution in [3.05, 3.63) is 35.7 Å². The summed E-state index contributed by atoms with van der Waals surface area (Å²) < 4.78 is 4.80. The highest BCUT2D eigenvalue weighted by Gasteiger charge is 1.96. The van der Waals surface area contributed by atoms with E-state index in [-0.39, 0.29) is 5.97 Å². The van der Waals surface area contributed by atoms with Crippen LogP contribution in [0, 0.1) is 6.92 Å². The molecule has 0 bridgehead atoms. The van der Waals surface area contributed by atoms with E-state index in [2.05, 4.69) is 4.98 Å². The number of carbonyl (C=O) groups is 1. The van der Waals surface area contributed by atoms with E-state index in [4.69, 9.17) is 4.74 Å². The Morgan fingerprint density at radius 2 is 2.33 bits per heavy atom. The highest BCUT2D eigenvalue weighted by molar-refractivity contribution is 5.72. The van der Waals surface area contributed by atoms with Crippen LogP contribution in [0.5, 0.6) is 0 Å². The Labute approximate surface area is 89.8 Å². The zero-order chi connectivity index (χ0) is 11.1. The van der Waals surface area contributed by atoms with Gasteiger partial charge in [-0.05, 0) is 31.0 Å². The van der Waals surface area contributed by atoms with Gasteiger partial charge in [0, 0.05) is 12.4 Å². The molecule has 3 nitrogen and oxygen atoms in total. The predicted octanol–water partition coefficient (Wildman–Crippen LogP) is 2.36. The molecule has 0 unspecified atom stereocenters. The molecule has 1 heterocycles. The topological polar surface area (TPSA) is 39.2 Å². The summed E-state index contributed by atoms with van der Waals surface area (Å²) in [4.78, 5) is 15.1. The van der Waals surface area contributed by atoms with Gasteiger partial charge in [0.1, 0.15) is 0 Å². The van der Waals surface area contributed by atoms with Gasteiger partial charge >= 0.3 is 5.97 Å². The number of rotatable bonds is 4. The summed E-state index contributed by atoms with van der Waals surface area (Å²) in [5, 5.41) is 0. The number of aromatic nitrogens is 1. The lowest BCUT2D eigenvalue weighted by Gasteiger charge is -1.97. The molecule has 0 atom stereocenters. The molecule has 0 fully saturated rings. The van der Waals surface area contributed by atoms with Crippen molar-refractivity contribution in [3.63, 3.8) is 0 Å². The number of nitrogens with zero attached hydrogens (tertiary/aromatic N) is 1. The van der Waals surface area contributed by atoms with Crippen molar-refractivity contribution in [3.8, 4) is 0 Å². The SMILES string of the molecule is CCOC(=O)CC=Cc1cncc(C)c1. The van der Waals surface area contributed by atoms with Crippen LogP contribution in [-0.4, -0.2) is 17.6 Å². The zero-order valence-corrected chi connectivity index (χ0v) is 9.06. The molecule has 1 aromatic rings. The quantitative estimate of drug-likeness (QED) is 0.708. The molecule has 80 valence electrons. The number of carbonyl (C=O) groups excluding carboxylic acids is 1. The highest BCUT2D eigenvalue weighted by Crippen LogP contribution is 2.04. The van der Waals surface area contributed by atoms with E-state index in [1.165, 1.54) is 0 Å². The molecule has 0 radical (unpaired) electrons. The van der Waals surface area contributed by atoms with Crippen molar-refractivity contribution < 1.29 is 9.53 Å². The van der Waals surface area contributed by atoms with Gasteiger partial charge in [-0.2, -0.15) is 0 Å². The number of esters is 1. The Hall–Kier alpha value is -1.64. The van der Waals surface area contributed by atoms with Gasteiger partial charge in [-0.3, -0.25) is 9.78 Å². The molecule has 0 aliphatic carbocycles. The van der Waals surface area contributed by atoms with Gasteiger partial charge in [0.05, 0.1) is 13.0 Å². The lowest BCUT2D eigenvalue weighted by molar-refractivity contribution is -0.142. The Kier molecular flexibility index (Phi) is 4.54. The first-order valence-corrected chi connectivity index (χ1v) is 4.96. The van der Waals surface area contributed by atoms with Gasteiger partial charge in [0.2, 0.25) is 0 Å². The maximum Gasteiger partial charge on any atom is 0.309 e. The third kappa shape index (κ3) is 4.40. The van der Waals surface area contributed by atoms with Gasteiger partial charge < -0.3 is 4.74 Å². The van der Waals surface area contributed by atoms with E-state index >= 15 is 0 Å². The average Bonchev–Trinajstić information content (AvgIpc) is 2.18. The predicted molar refractivity (Wildman–Crippen MR) is 59.3 cm³/mol. The van der Waals surface area contributed by atoms with Crippen LogP contribution < -0.4 is 0 Å². The fraction of sp³-hybridized carbons (Fsp3) is 0.333. The van der Waals surface area contributed by atoms with E-state index in [0.717, 1.165) is 11.1 Å². The summed E-state index contributed by atoms with van der Waals surface area (Å²) in [5.41, 5.74) is 2.10. The minimum Gasteiger partial charge on any atom is -0.466 e. The molecule has 0 aromatic carbocycles. The normalized spacial score (nSPS) is 10.5. The van der Waals surface area contributed by atoms with Gasteiger partial charge in [-0.1, -0.05) is 12.2 Å². The number of aryl methyl sites for hydroxylation is 1. The van der Waals surface area contributed by atoms with Crippen LogP contribution in [-0.2, 0) is 9.53 Å². The van der Waals surface area contributed by atoms with E-state index in [1.807, 2.05) is 19.1 Å². The summed E-state index contributed by atoms with van der Waals surface area (Å²) in [6.07, 6.45) is 7.52. The Balaban J connectivity index is 2.48. The summed E-state index contributed by atoms with van der Waals surface area (Å²) in [7, 11) is 0. The minimum atomic E-state index is -0.200. The smallest absolute Gasteiger partial charge is 0.309 e. The molecule has 1 aromatic heterocycles. The molecule has 1 rings (SSSR count). The molecular weight excluding hydrogens is 190 g/mol. The van der Waals surface area contributed by atoms with E-state index in [9.17, 15) is 4.79 Å². The van der Waals surface area contributed by atoms with Gasteiger partial charge in [-0.25, -0.2) is 0 Å². The van der Waals surface area contributed by atoms with E-state index < -0.39 is 0 Å². The lowest BCUT2D eigenvalue weighted by Crippen LogP contribution is -2.01. The molecule has 0 aliphatic rings. The van der Waals surface area contributed by atoms with Crippen molar-refractivity contribution in [2.24, 2.45) is 0 Å². The molecule has 0 N–H and O–H groups in total. The lowest BCUT2D eigenvalue weighted by atomic mass is 10.2. The molecule has 0 saturated carbocycles. The van der Waals surface area contributed by atoms with Crippen LogP contribution >= 0.6 is 0 Å². The van der Waals surface area contributed by atoms with Gasteiger partial charge in [0.15, 0.2) is 0 Å². The number of hydrogen-bond donors (Lipinski definition) is 0. The largest absolute Gasteiger partial charge is 0.466 e. The molecule has 0 aliphatic heterocycles. The van der Waals surface area contributed by atoms with Gasteiger partial charge in [0.25, 0.3) is 0 Å². The number of ether oxygens (including phenoxy) is 1. The Morgan fingerprint density at radius 3 is 3.00 bits per heavy atom. The number of hydrogen-bond acceptors (Lipinski definition) is 3. The van der Waals surface area contributed by atoms with Crippen molar-refractivity contribution in [1.29, 1.82) is 0 Å². The van der Waals surface area contributed by atoms with Gasteiger partial charge in [-0.15, -0.1) is 0 Å². The van der Waals surface area contributed by atoms with Crippen molar-refractivity contribution in [1.82, 2.24) is 4.98 Å². The zero-order valence-electron chi connectivity index (χ0n) is 9.06. The maximum atomic E-state index is 11.0. The third-order valence-electron chi connectivity index (χ3n) is 1.80. The monoisotopic (exact) mass is 205 g/mol. The standard InChI is InChI=1S/C12H15NO2/c1-3-15-12(14)6-4-5-11-7-10(2)8-13-9-11/h4-5,7-9H,3,6H2,1-2H3. The molecule has 0 amide bonds. The Bertz CT molecular complexity index is 358. The van der Waals surface area contributed by atoms with Crippen LogP contribution in [0.4, 0.5) is 0 Å². The maximum absolute atomic E-state index is 11.0. The first-order chi connectivity index (χ1) is 7.22. The second-order valence-corrected chi connectivity index (χ2v) is 3.21. The molecule has 3 heteroatoms. The fourth-order valence-corrected chi connectivity index (χ4v) is 1.18. The molecule has 0 saturated heterocycles. The summed E-state index contributed by atoms with van der Waals surface area (Å²) in [6, 6.07) is 2.01. The van der Waals surface area contributed by atoms with Crippen LogP contribution in [0.1, 0.15) is 24.5 Å². The van der Waals surface area contributed by atoms with E-state index in [0.29, 0.717) is 13.0 Å². The first-order valence-electron chi connectivity index (χ1n) is 4.96. The fourth-order valence-electron chi connectivity index (χ4n) is 1.18. The summed E-state index contributed by atoms with van der Waals surface area (Å²) in [6.45, 7) is 4.21. The van der Waals surface area contributed by atoms with Crippen molar-refractivity contribution in [2.45, 2.75) is 20.3 Å². The highest BCUT2D eigenvalue weighted by atomic mass is 16.5. The molecular formula is C12H15NO2. The van der Waals surface area contributed by atoms with Crippen LogP contribution in [0.3, 0.4) is 0 Å². The van der Waals surface area contributed by atoms with Crippen molar-refractivity contribution in [2.75, 3.05) is 6.61 Å². The summed E-state index contributed by atoms with van der Waals surface area (Å²) in [5.74, 6) is -0.200. The van der Waals surface area contributed by atoms with Crippen LogP contribution in [0.2, 0.25) is 0 Å². The molecule has 15 heavy (non-hydrogen) atoms. The van der Waals surface area contributed by atoms with Crippen LogP contribution in [0.15, 0.2) is 24.5 Å². The molecule has 0 spiro atoms. The third-order valence-corrected chi connectivity index (χ3v) is 1.80. The Morgan fingerprint density at radius 1 is 1.53 bits per heavy atom. The first kappa shape index (κ1) is 11.4. The second kappa shape index (κ2) is 5.96. The summed E-state index contributed by atoms with van der Waals surface area (Å²) >= 11 is 0. The second-order valence-electron chi connectivity index (χ2n) is 3.21. The van der Waals surface area contributed by atoms with Crippen LogP contribution in [0.25, 0.3) is 6.08 Å².